The highest BCUT2D eigenvalue weighted by Gasteiger charge is 2.05. The molecule has 1 aromatic carbocycles. The monoisotopic (exact) mass is 229 g/mol. The molecule has 0 amide bonds. The number of aromatic nitrogens is 1. The van der Waals surface area contributed by atoms with Gasteiger partial charge in [-0.15, -0.1) is 0 Å². The van der Waals surface area contributed by atoms with E-state index in [0.717, 1.165) is 22.0 Å². The second-order valence-electron chi connectivity index (χ2n) is 4.33. The highest BCUT2D eigenvalue weighted by Crippen LogP contribution is 2.22. The molecule has 1 N–H and O–H groups in total. The van der Waals surface area contributed by atoms with Crippen LogP contribution in [-0.4, -0.2) is 16.1 Å². The van der Waals surface area contributed by atoms with Crippen LogP contribution < -0.4 is 0 Å². The maximum absolute atomic E-state index is 10.6. The number of carboxylic acids is 1. The van der Waals surface area contributed by atoms with Crippen LogP contribution in [0.25, 0.3) is 10.9 Å². The zero-order valence-electron chi connectivity index (χ0n) is 10.0. The maximum atomic E-state index is 10.6. The fourth-order valence-electron chi connectivity index (χ4n) is 2.04. The highest BCUT2D eigenvalue weighted by atomic mass is 16.4. The van der Waals surface area contributed by atoms with E-state index in [1.54, 1.807) is 0 Å². The summed E-state index contributed by atoms with van der Waals surface area (Å²) in [4.78, 5) is 14.9. The first-order valence-electron chi connectivity index (χ1n) is 5.64. The first kappa shape index (κ1) is 11.6. The molecule has 0 unspecified atom stereocenters. The molecule has 0 bridgehead atoms. The Hall–Kier alpha value is -1.90. The van der Waals surface area contributed by atoms with Crippen molar-refractivity contribution in [2.24, 2.45) is 0 Å². The van der Waals surface area contributed by atoms with Gasteiger partial charge in [0.05, 0.1) is 5.52 Å². The van der Waals surface area contributed by atoms with Gasteiger partial charge in [0.15, 0.2) is 0 Å². The molecule has 0 aliphatic carbocycles. The molecule has 0 atom stereocenters. The highest BCUT2D eigenvalue weighted by molar-refractivity contribution is 5.85. The zero-order valence-corrected chi connectivity index (χ0v) is 10.0. The third-order valence-corrected chi connectivity index (χ3v) is 2.94. The number of pyridine rings is 1. The number of carbonyl (C=O) groups is 1. The lowest BCUT2D eigenvalue weighted by molar-refractivity contribution is -0.136. The van der Waals surface area contributed by atoms with Crippen molar-refractivity contribution in [3.8, 4) is 0 Å². The van der Waals surface area contributed by atoms with Crippen molar-refractivity contribution in [2.75, 3.05) is 0 Å². The van der Waals surface area contributed by atoms with E-state index in [1.165, 1.54) is 5.56 Å². The molecule has 2 aromatic rings. The number of hydrogen-bond donors (Lipinski definition) is 1. The number of aliphatic carboxylic acids is 1. The number of fused-ring (bicyclic) bond motifs is 1. The lowest BCUT2D eigenvalue weighted by Gasteiger charge is -2.07. The summed E-state index contributed by atoms with van der Waals surface area (Å²) in [5.41, 5.74) is 4.35. The van der Waals surface area contributed by atoms with Crippen molar-refractivity contribution >= 4 is 16.9 Å². The molecule has 0 aliphatic rings. The normalized spacial score (nSPS) is 10.7. The van der Waals surface area contributed by atoms with Crippen molar-refractivity contribution in [1.29, 1.82) is 0 Å². The number of carboxylic acid groups (broad SMARTS) is 1. The SMILES string of the molecule is Cc1ccnc2c(C)cc(CCC(=O)O)cc12. The number of nitrogens with zero attached hydrogens (tertiary/aromatic N) is 1. The largest absolute Gasteiger partial charge is 0.481 e. The first-order chi connectivity index (χ1) is 8.08. The van der Waals surface area contributed by atoms with Gasteiger partial charge in [0.1, 0.15) is 0 Å². The predicted octanol–water partition coefficient (Wildman–Crippen LogP) is 2.87. The fourth-order valence-corrected chi connectivity index (χ4v) is 2.04. The minimum absolute atomic E-state index is 0.171. The predicted molar refractivity (Wildman–Crippen MR) is 67.2 cm³/mol. The number of hydrogen-bond acceptors (Lipinski definition) is 2. The summed E-state index contributed by atoms with van der Waals surface area (Å²) in [6.07, 6.45) is 2.55. The Bertz CT molecular complexity index is 576. The van der Waals surface area contributed by atoms with Crippen molar-refractivity contribution < 1.29 is 9.90 Å². The summed E-state index contributed by atoms with van der Waals surface area (Å²) in [5, 5.41) is 9.82. The Morgan fingerprint density at radius 1 is 1.29 bits per heavy atom. The van der Waals surface area contributed by atoms with Crippen molar-refractivity contribution in [2.45, 2.75) is 26.7 Å². The maximum Gasteiger partial charge on any atom is 0.303 e. The molecule has 17 heavy (non-hydrogen) atoms. The summed E-state index contributed by atoms with van der Waals surface area (Å²) in [6, 6.07) is 6.05. The summed E-state index contributed by atoms with van der Waals surface area (Å²) in [6.45, 7) is 4.06. The van der Waals surface area contributed by atoms with Crippen LogP contribution >= 0.6 is 0 Å². The Morgan fingerprint density at radius 2 is 2.06 bits per heavy atom. The second kappa shape index (κ2) is 4.53. The average Bonchev–Trinajstić information content (AvgIpc) is 2.28. The molecule has 0 aliphatic heterocycles. The molecule has 0 saturated carbocycles. The van der Waals surface area contributed by atoms with E-state index in [9.17, 15) is 4.79 Å². The molecule has 3 heteroatoms. The molecule has 1 aromatic heterocycles. The van der Waals surface area contributed by atoms with Gasteiger partial charge < -0.3 is 5.11 Å². The van der Waals surface area contributed by atoms with Crippen LogP contribution in [0.2, 0.25) is 0 Å². The van der Waals surface area contributed by atoms with E-state index in [4.69, 9.17) is 5.11 Å². The van der Waals surface area contributed by atoms with Crippen molar-refractivity contribution in [1.82, 2.24) is 4.98 Å². The van der Waals surface area contributed by atoms with Gasteiger partial charge >= 0.3 is 5.97 Å². The van der Waals surface area contributed by atoms with Crippen LogP contribution in [0.15, 0.2) is 24.4 Å². The Labute approximate surface area is 100 Å². The Morgan fingerprint density at radius 3 is 2.76 bits per heavy atom. The third-order valence-electron chi connectivity index (χ3n) is 2.94. The van der Waals surface area contributed by atoms with Crippen LogP contribution in [0.1, 0.15) is 23.1 Å². The number of benzene rings is 1. The molecule has 0 fully saturated rings. The molecule has 0 saturated heterocycles. The van der Waals surface area contributed by atoms with Crippen molar-refractivity contribution in [3.05, 3.63) is 41.1 Å². The quantitative estimate of drug-likeness (QED) is 0.880. The molecule has 88 valence electrons. The molecular formula is C14H15NO2. The van der Waals surface area contributed by atoms with Crippen LogP contribution in [0.5, 0.6) is 0 Å². The Balaban J connectivity index is 2.46. The van der Waals surface area contributed by atoms with Crippen LogP contribution in [0, 0.1) is 13.8 Å². The topological polar surface area (TPSA) is 50.2 Å². The molecule has 1 heterocycles. The molecule has 2 rings (SSSR count). The van der Waals surface area contributed by atoms with E-state index in [2.05, 4.69) is 4.98 Å². The van der Waals surface area contributed by atoms with Crippen LogP contribution in [0.4, 0.5) is 0 Å². The van der Waals surface area contributed by atoms with Gasteiger partial charge in [0.25, 0.3) is 0 Å². The summed E-state index contributed by atoms with van der Waals surface area (Å²) in [5.74, 6) is -0.759. The van der Waals surface area contributed by atoms with E-state index in [0.29, 0.717) is 6.42 Å². The minimum atomic E-state index is -0.759. The minimum Gasteiger partial charge on any atom is -0.481 e. The molecular weight excluding hydrogens is 214 g/mol. The molecule has 0 radical (unpaired) electrons. The second-order valence-corrected chi connectivity index (χ2v) is 4.33. The lowest BCUT2D eigenvalue weighted by Crippen LogP contribution is -1.98. The summed E-state index contributed by atoms with van der Waals surface area (Å²) in [7, 11) is 0. The van der Waals surface area contributed by atoms with E-state index >= 15 is 0 Å². The Kier molecular flexibility index (Phi) is 3.09. The molecule has 0 spiro atoms. The van der Waals surface area contributed by atoms with Gasteiger partial charge in [-0.05, 0) is 49.1 Å². The van der Waals surface area contributed by atoms with Gasteiger partial charge in [-0.2, -0.15) is 0 Å². The van der Waals surface area contributed by atoms with Crippen LogP contribution in [0.3, 0.4) is 0 Å². The first-order valence-corrected chi connectivity index (χ1v) is 5.64. The smallest absolute Gasteiger partial charge is 0.303 e. The van der Waals surface area contributed by atoms with Crippen molar-refractivity contribution in [3.63, 3.8) is 0 Å². The van der Waals surface area contributed by atoms with E-state index < -0.39 is 5.97 Å². The van der Waals surface area contributed by atoms with Gasteiger partial charge in [-0.25, -0.2) is 0 Å². The average molecular weight is 229 g/mol. The lowest BCUT2D eigenvalue weighted by atomic mass is 10.0. The number of aryl methyl sites for hydroxylation is 3. The fraction of sp³-hybridized carbons (Fsp3) is 0.286. The summed E-state index contributed by atoms with van der Waals surface area (Å²) < 4.78 is 0. The summed E-state index contributed by atoms with van der Waals surface area (Å²) >= 11 is 0. The van der Waals surface area contributed by atoms with Gasteiger partial charge in [0.2, 0.25) is 0 Å². The van der Waals surface area contributed by atoms with Gasteiger partial charge in [-0.3, -0.25) is 9.78 Å². The molecule has 3 nitrogen and oxygen atoms in total. The van der Waals surface area contributed by atoms with E-state index in [1.807, 2.05) is 38.2 Å². The van der Waals surface area contributed by atoms with Crippen LogP contribution in [-0.2, 0) is 11.2 Å². The van der Waals surface area contributed by atoms with Gasteiger partial charge in [0, 0.05) is 18.0 Å². The standard InChI is InChI=1S/C14H15NO2/c1-9-5-6-15-14-10(2)7-11(8-12(9)14)3-4-13(16)17/h5-8H,3-4H2,1-2H3,(H,16,17). The van der Waals surface area contributed by atoms with E-state index in [-0.39, 0.29) is 6.42 Å². The van der Waals surface area contributed by atoms with Gasteiger partial charge in [-0.1, -0.05) is 6.07 Å². The third kappa shape index (κ3) is 2.44. The zero-order chi connectivity index (χ0) is 12.4. The number of rotatable bonds is 3.